The van der Waals surface area contributed by atoms with Gasteiger partial charge in [-0.15, -0.1) is 0 Å². The first kappa shape index (κ1) is 25.6. The number of benzene rings is 4. The maximum absolute atomic E-state index is 10.6. The molecule has 6 nitrogen and oxygen atoms in total. The first-order chi connectivity index (χ1) is 18.7. The van der Waals surface area contributed by atoms with Gasteiger partial charge in [-0.3, -0.25) is 0 Å². The van der Waals surface area contributed by atoms with E-state index in [2.05, 4.69) is 12.2 Å². The maximum Gasteiger partial charge on any atom is 0.131 e. The van der Waals surface area contributed by atoms with Crippen molar-refractivity contribution < 1.29 is 29.2 Å². The molecule has 0 bridgehead atoms. The minimum Gasteiger partial charge on any atom is -0.491 e. The molecular formula is C32H32O6. The van der Waals surface area contributed by atoms with Crippen LogP contribution in [0.4, 0.5) is 0 Å². The van der Waals surface area contributed by atoms with Gasteiger partial charge in [0.2, 0.25) is 0 Å². The maximum atomic E-state index is 10.6. The van der Waals surface area contributed by atoms with Crippen molar-refractivity contribution in [3.8, 4) is 23.0 Å². The molecular weight excluding hydrogens is 480 g/mol. The van der Waals surface area contributed by atoms with Crippen LogP contribution in [0.25, 0.3) is 10.8 Å². The van der Waals surface area contributed by atoms with Crippen LogP contribution in [-0.4, -0.2) is 48.8 Å². The average molecular weight is 513 g/mol. The molecule has 2 N–H and O–H groups in total. The third kappa shape index (κ3) is 6.28. The fraction of sp³-hybridized carbons (Fsp3) is 0.250. The Morgan fingerprint density at radius 1 is 0.500 bits per heavy atom. The average Bonchev–Trinajstić information content (AvgIpc) is 2.97. The summed E-state index contributed by atoms with van der Waals surface area (Å²) in [6.07, 6.45) is 4.04. The molecule has 5 rings (SSSR count). The molecule has 38 heavy (non-hydrogen) atoms. The van der Waals surface area contributed by atoms with Crippen molar-refractivity contribution in [2.45, 2.75) is 25.0 Å². The first-order valence-corrected chi connectivity index (χ1v) is 12.9. The predicted octanol–water partition coefficient (Wildman–Crippen LogP) is 5.13. The Kier molecular flexibility index (Phi) is 8.43. The largest absolute Gasteiger partial charge is 0.491 e. The Morgan fingerprint density at radius 2 is 0.868 bits per heavy atom. The van der Waals surface area contributed by atoms with Crippen LogP contribution >= 0.6 is 0 Å². The molecule has 0 aliphatic heterocycles. The van der Waals surface area contributed by atoms with E-state index in [0.717, 1.165) is 33.4 Å². The van der Waals surface area contributed by atoms with Crippen LogP contribution < -0.4 is 18.9 Å². The van der Waals surface area contributed by atoms with Gasteiger partial charge in [0.05, 0.1) is 0 Å². The topological polar surface area (TPSA) is 77.4 Å². The van der Waals surface area contributed by atoms with E-state index in [1.807, 2.05) is 84.9 Å². The summed E-state index contributed by atoms with van der Waals surface area (Å²) in [4.78, 5) is 0. The second kappa shape index (κ2) is 12.5. The minimum atomic E-state index is -0.792. The van der Waals surface area contributed by atoms with Crippen LogP contribution in [0.2, 0.25) is 0 Å². The van der Waals surface area contributed by atoms with Crippen molar-refractivity contribution in [2.24, 2.45) is 0 Å². The van der Waals surface area contributed by atoms with Crippen molar-refractivity contribution in [2.75, 3.05) is 26.4 Å². The summed E-state index contributed by atoms with van der Waals surface area (Å²) in [6, 6.07) is 26.7. The van der Waals surface area contributed by atoms with Crippen LogP contribution in [0.1, 0.15) is 11.1 Å². The van der Waals surface area contributed by atoms with Gasteiger partial charge in [0.1, 0.15) is 61.6 Å². The number of hydrogen-bond acceptors (Lipinski definition) is 6. The third-order valence-corrected chi connectivity index (χ3v) is 6.35. The number of ether oxygens (including phenoxy) is 4. The summed E-state index contributed by atoms with van der Waals surface area (Å²) in [6.45, 7) is 0.466. The molecule has 0 aromatic heterocycles. The molecule has 0 heterocycles. The zero-order valence-corrected chi connectivity index (χ0v) is 21.2. The highest BCUT2D eigenvalue weighted by molar-refractivity contribution is 5.96. The highest BCUT2D eigenvalue weighted by Crippen LogP contribution is 2.43. The van der Waals surface area contributed by atoms with E-state index < -0.39 is 12.2 Å². The zero-order chi connectivity index (χ0) is 26.2. The lowest BCUT2D eigenvalue weighted by molar-refractivity contribution is 0.0616. The lowest BCUT2D eigenvalue weighted by Gasteiger charge is -2.25. The second-order valence-corrected chi connectivity index (χ2v) is 9.22. The Hall–Kier alpha value is -4.00. The second-order valence-electron chi connectivity index (χ2n) is 9.22. The lowest BCUT2D eigenvalue weighted by Crippen LogP contribution is -2.26. The molecule has 0 radical (unpaired) electrons. The number of rotatable bonds is 12. The summed E-state index contributed by atoms with van der Waals surface area (Å²) in [5, 5.41) is 22.9. The highest BCUT2D eigenvalue weighted by atomic mass is 16.5. The van der Waals surface area contributed by atoms with Gasteiger partial charge < -0.3 is 29.2 Å². The summed E-state index contributed by atoms with van der Waals surface area (Å²) < 4.78 is 23.9. The molecule has 4 aromatic carbocycles. The number of allylic oxidation sites excluding steroid dienone is 2. The van der Waals surface area contributed by atoms with E-state index in [9.17, 15) is 10.2 Å². The number of aliphatic hydroxyl groups excluding tert-OH is 2. The fourth-order valence-corrected chi connectivity index (χ4v) is 4.52. The molecule has 196 valence electrons. The molecule has 0 saturated heterocycles. The summed E-state index contributed by atoms with van der Waals surface area (Å²) >= 11 is 0. The molecule has 2 unspecified atom stereocenters. The SMILES string of the molecule is OC(COc1ccccc1)COc1c2c(c(OCC(O)COc3ccccc3)c3ccccc13)CC=CC2. The van der Waals surface area contributed by atoms with E-state index in [1.165, 1.54) is 0 Å². The summed E-state index contributed by atoms with van der Waals surface area (Å²) in [7, 11) is 0. The van der Waals surface area contributed by atoms with Gasteiger partial charge in [-0.25, -0.2) is 0 Å². The molecule has 1 aliphatic carbocycles. The number of fused-ring (bicyclic) bond motifs is 2. The Balaban J connectivity index is 1.31. The van der Waals surface area contributed by atoms with Crippen LogP contribution in [0, 0.1) is 0 Å². The Morgan fingerprint density at radius 3 is 1.29 bits per heavy atom. The van der Waals surface area contributed by atoms with Gasteiger partial charge in [0.25, 0.3) is 0 Å². The monoisotopic (exact) mass is 512 g/mol. The molecule has 0 spiro atoms. The van der Waals surface area contributed by atoms with Crippen molar-refractivity contribution in [1.29, 1.82) is 0 Å². The van der Waals surface area contributed by atoms with Gasteiger partial charge >= 0.3 is 0 Å². The van der Waals surface area contributed by atoms with Crippen LogP contribution in [-0.2, 0) is 12.8 Å². The molecule has 2 atom stereocenters. The summed E-state index contributed by atoms with van der Waals surface area (Å²) in [5.41, 5.74) is 2.07. The van der Waals surface area contributed by atoms with Crippen molar-refractivity contribution in [3.63, 3.8) is 0 Å². The van der Waals surface area contributed by atoms with E-state index >= 15 is 0 Å². The van der Waals surface area contributed by atoms with Gasteiger partial charge in [0.15, 0.2) is 0 Å². The van der Waals surface area contributed by atoms with E-state index in [4.69, 9.17) is 18.9 Å². The van der Waals surface area contributed by atoms with Crippen LogP contribution in [0.3, 0.4) is 0 Å². The predicted molar refractivity (Wildman–Crippen MR) is 147 cm³/mol. The number of hydrogen-bond donors (Lipinski definition) is 2. The quantitative estimate of drug-likeness (QED) is 0.256. The standard InChI is InChI=1S/C32H32O6/c33-23(19-35-25-11-3-1-4-12-25)21-37-31-27-15-7-9-17-29(27)32(30-18-10-8-16-28(30)31)38-22-24(34)20-36-26-13-5-2-6-14-26/h1-15,17,23-24,33-34H,16,18-22H2. The molecule has 0 fully saturated rings. The number of aliphatic hydroxyl groups is 2. The minimum absolute atomic E-state index is 0.0999. The molecule has 6 heteroatoms. The van der Waals surface area contributed by atoms with Crippen molar-refractivity contribution in [1.82, 2.24) is 0 Å². The molecule has 0 saturated carbocycles. The van der Waals surface area contributed by atoms with E-state index in [0.29, 0.717) is 24.3 Å². The van der Waals surface area contributed by atoms with E-state index in [-0.39, 0.29) is 26.4 Å². The van der Waals surface area contributed by atoms with E-state index in [1.54, 1.807) is 0 Å². The van der Waals surface area contributed by atoms with Gasteiger partial charge in [-0.2, -0.15) is 0 Å². The normalized spacial score (nSPS) is 13.9. The lowest BCUT2D eigenvalue weighted by atomic mass is 9.90. The van der Waals surface area contributed by atoms with Gasteiger partial charge in [0, 0.05) is 21.9 Å². The third-order valence-electron chi connectivity index (χ3n) is 6.35. The van der Waals surface area contributed by atoms with Gasteiger partial charge in [-0.05, 0) is 37.1 Å². The Bertz CT molecular complexity index is 1250. The fourth-order valence-electron chi connectivity index (χ4n) is 4.52. The van der Waals surface area contributed by atoms with Crippen LogP contribution in [0.15, 0.2) is 97.1 Å². The highest BCUT2D eigenvalue weighted by Gasteiger charge is 2.23. The molecule has 1 aliphatic rings. The van der Waals surface area contributed by atoms with Gasteiger partial charge in [-0.1, -0.05) is 72.8 Å². The smallest absolute Gasteiger partial charge is 0.131 e. The Labute approximate surface area is 222 Å². The summed E-state index contributed by atoms with van der Waals surface area (Å²) in [5.74, 6) is 2.91. The van der Waals surface area contributed by atoms with Crippen molar-refractivity contribution >= 4 is 10.8 Å². The number of para-hydroxylation sites is 2. The van der Waals surface area contributed by atoms with Crippen LogP contribution in [0.5, 0.6) is 23.0 Å². The first-order valence-electron chi connectivity index (χ1n) is 12.9. The molecule has 0 amide bonds. The zero-order valence-electron chi connectivity index (χ0n) is 21.2. The van der Waals surface area contributed by atoms with Crippen molar-refractivity contribution in [3.05, 3.63) is 108 Å². The molecule has 4 aromatic rings.